The molecule has 11 heteroatoms. The number of hydrogen-bond acceptors (Lipinski definition) is 6. The Morgan fingerprint density at radius 3 is 2.65 bits per heavy atom. The first-order valence-electron chi connectivity index (χ1n) is 10.3. The van der Waals surface area contributed by atoms with Crippen LogP contribution in [0.3, 0.4) is 0 Å². The summed E-state index contributed by atoms with van der Waals surface area (Å²) in [5.41, 5.74) is 2.11. The summed E-state index contributed by atoms with van der Waals surface area (Å²) in [6, 6.07) is 8.05. The van der Waals surface area contributed by atoms with Gasteiger partial charge in [0.05, 0.1) is 24.9 Å². The van der Waals surface area contributed by atoms with Crippen molar-refractivity contribution >= 4 is 5.91 Å². The van der Waals surface area contributed by atoms with Crippen LogP contribution in [0.2, 0.25) is 0 Å². The molecule has 8 nitrogen and oxygen atoms in total. The molecular weight excluding hydrogens is 451 g/mol. The minimum absolute atomic E-state index is 0.00520. The van der Waals surface area contributed by atoms with Crippen LogP contribution in [0.15, 0.2) is 36.7 Å². The van der Waals surface area contributed by atoms with Crippen LogP contribution in [-0.4, -0.2) is 45.0 Å². The summed E-state index contributed by atoms with van der Waals surface area (Å²) in [7, 11) is 1.24. The molecular formula is C23H20F3N5O3. The highest BCUT2D eigenvalue weighted by atomic mass is 19.4. The second kappa shape index (κ2) is 8.70. The first-order chi connectivity index (χ1) is 16.1. The molecule has 3 aromatic rings. The first kappa shape index (κ1) is 23.1. The number of carbonyl (C=O) groups is 1. The fourth-order valence-corrected chi connectivity index (χ4v) is 3.70. The van der Waals surface area contributed by atoms with E-state index in [2.05, 4.69) is 10.1 Å². The first-order valence-corrected chi connectivity index (χ1v) is 10.3. The van der Waals surface area contributed by atoms with Gasteiger partial charge < -0.3 is 14.4 Å². The third kappa shape index (κ3) is 4.14. The van der Waals surface area contributed by atoms with Crippen LogP contribution in [0.25, 0.3) is 5.82 Å². The van der Waals surface area contributed by atoms with Crippen LogP contribution < -0.4 is 9.47 Å². The number of nitriles is 1. The summed E-state index contributed by atoms with van der Waals surface area (Å²) in [5.74, 6) is -0.422. The fraction of sp³-hybridized carbons (Fsp3) is 0.304. The molecule has 1 unspecified atom stereocenters. The standard InChI is InChI=1S/C23H20F3N5O3/c1-13-5-4-8-28-21(13)31-11-16-10-30(12-17(16)29-31)22(32)19-18(34-14(2)23(24,25)26)7-6-15(9-27)20(19)33-3/h4-8,11,14H,10,12H2,1-3H3. The number of ether oxygens (including phenoxy) is 2. The van der Waals surface area contributed by atoms with Gasteiger partial charge in [-0.1, -0.05) is 6.07 Å². The number of aryl methyl sites for hydroxylation is 1. The molecule has 1 aromatic carbocycles. The number of carbonyl (C=O) groups excluding carboxylic acids is 1. The molecule has 1 atom stereocenters. The number of fused-ring (bicyclic) bond motifs is 1. The lowest BCUT2D eigenvalue weighted by atomic mass is 10.1. The van der Waals surface area contributed by atoms with E-state index >= 15 is 0 Å². The third-order valence-corrected chi connectivity index (χ3v) is 5.49. The van der Waals surface area contributed by atoms with E-state index in [0.717, 1.165) is 18.1 Å². The van der Waals surface area contributed by atoms with E-state index in [4.69, 9.17) is 9.47 Å². The summed E-state index contributed by atoms with van der Waals surface area (Å²) in [6.07, 6.45) is -3.39. The van der Waals surface area contributed by atoms with Crippen LogP contribution in [0.1, 0.15) is 39.7 Å². The number of amides is 1. The Labute approximate surface area is 193 Å². The average molecular weight is 471 g/mol. The number of benzene rings is 1. The maximum absolute atomic E-state index is 13.5. The molecule has 0 aliphatic carbocycles. The van der Waals surface area contributed by atoms with Crippen molar-refractivity contribution in [2.24, 2.45) is 0 Å². The van der Waals surface area contributed by atoms with E-state index in [1.165, 1.54) is 24.1 Å². The molecule has 0 N–H and O–H groups in total. The number of aromatic nitrogens is 3. The van der Waals surface area contributed by atoms with E-state index in [1.54, 1.807) is 17.1 Å². The Kier molecular flexibility index (Phi) is 5.91. The van der Waals surface area contributed by atoms with E-state index < -0.39 is 18.2 Å². The average Bonchev–Trinajstić information content (AvgIpc) is 3.37. The second-order valence-corrected chi connectivity index (χ2v) is 7.78. The number of halogens is 3. The lowest BCUT2D eigenvalue weighted by Gasteiger charge is -2.23. The smallest absolute Gasteiger partial charge is 0.425 e. The van der Waals surface area contributed by atoms with Crippen molar-refractivity contribution in [1.82, 2.24) is 19.7 Å². The van der Waals surface area contributed by atoms with Gasteiger partial charge in [0, 0.05) is 24.5 Å². The number of alkyl halides is 3. The van der Waals surface area contributed by atoms with Gasteiger partial charge in [-0.05, 0) is 37.6 Å². The summed E-state index contributed by atoms with van der Waals surface area (Å²) < 4.78 is 51.3. The molecule has 34 heavy (non-hydrogen) atoms. The van der Waals surface area contributed by atoms with Gasteiger partial charge in [-0.3, -0.25) is 4.79 Å². The molecule has 2 aromatic heterocycles. The Balaban J connectivity index is 1.66. The molecule has 0 spiro atoms. The molecule has 1 aliphatic heterocycles. The fourth-order valence-electron chi connectivity index (χ4n) is 3.70. The van der Waals surface area contributed by atoms with Crippen LogP contribution in [0.4, 0.5) is 13.2 Å². The lowest BCUT2D eigenvalue weighted by molar-refractivity contribution is -0.189. The monoisotopic (exact) mass is 471 g/mol. The van der Waals surface area contributed by atoms with Gasteiger partial charge >= 0.3 is 6.18 Å². The molecule has 1 aliphatic rings. The van der Waals surface area contributed by atoms with Gasteiger partial charge in [-0.2, -0.15) is 23.5 Å². The van der Waals surface area contributed by atoms with Crippen molar-refractivity contribution in [3.63, 3.8) is 0 Å². The largest absolute Gasteiger partial charge is 0.494 e. The Hall–Kier alpha value is -4.07. The quantitative estimate of drug-likeness (QED) is 0.560. The maximum atomic E-state index is 13.5. The van der Waals surface area contributed by atoms with E-state index in [1.807, 2.05) is 25.1 Å². The molecule has 1 amide bonds. The SMILES string of the molecule is COc1c(C#N)ccc(OC(C)C(F)(F)F)c1C(=O)N1Cc2cn(-c3ncccc3C)nc2C1. The minimum Gasteiger partial charge on any atom is -0.494 e. The van der Waals surface area contributed by atoms with Gasteiger partial charge in [-0.15, -0.1) is 0 Å². The highest BCUT2D eigenvalue weighted by Crippen LogP contribution is 2.37. The maximum Gasteiger partial charge on any atom is 0.425 e. The Bertz CT molecular complexity index is 1270. The zero-order valence-corrected chi connectivity index (χ0v) is 18.6. The predicted octanol–water partition coefficient (Wildman–Crippen LogP) is 3.94. The number of nitrogens with zero attached hydrogens (tertiary/aromatic N) is 5. The van der Waals surface area contributed by atoms with Crippen molar-refractivity contribution in [2.75, 3.05) is 7.11 Å². The van der Waals surface area contributed by atoms with Crippen LogP contribution in [-0.2, 0) is 13.1 Å². The van der Waals surface area contributed by atoms with Crippen molar-refractivity contribution < 1.29 is 27.4 Å². The Morgan fingerprint density at radius 1 is 1.26 bits per heavy atom. The van der Waals surface area contributed by atoms with Crippen molar-refractivity contribution in [3.8, 4) is 23.4 Å². The summed E-state index contributed by atoms with van der Waals surface area (Å²) in [4.78, 5) is 19.2. The molecule has 176 valence electrons. The zero-order chi connectivity index (χ0) is 24.6. The summed E-state index contributed by atoms with van der Waals surface area (Å²) in [5, 5.41) is 13.9. The molecule has 4 rings (SSSR count). The molecule has 0 fully saturated rings. The molecule has 0 saturated heterocycles. The van der Waals surface area contributed by atoms with Gasteiger partial charge in [0.1, 0.15) is 17.4 Å². The summed E-state index contributed by atoms with van der Waals surface area (Å²) in [6.45, 7) is 3.05. The lowest BCUT2D eigenvalue weighted by Crippen LogP contribution is -2.33. The predicted molar refractivity (Wildman–Crippen MR) is 114 cm³/mol. The van der Waals surface area contributed by atoms with E-state index in [9.17, 15) is 23.2 Å². The van der Waals surface area contributed by atoms with E-state index in [0.29, 0.717) is 11.5 Å². The van der Waals surface area contributed by atoms with Crippen LogP contribution >= 0.6 is 0 Å². The second-order valence-electron chi connectivity index (χ2n) is 7.78. The molecule has 0 radical (unpaired) electrons. The van der Waals surface area contributed by atoms with Crippen molar-refractivity contribution in [3.05, 3.63) is 64.6 Å². The minimum atomic E-state index is -4.64. The van der Waals surface area contributed by atoms with Crippen LogP contribution in [0.5, 0.6) is 11.5 Å². The summed E-state index contributed by atoms with van der Waals surface area (Å²) >= 11 is 0. The van der Waals surface area contributed by atoms with E-state index in [-0.39, 0.29) is 35.7 Å². The van der Waals surface area contributed by atoms with Crippen molar-refractivity contribution in [2.45, 2.75) is 39.2 Å². The van der Waals surface area contributed by atoms with Crippen LogP contribution in [0, 0.1) is 18.3 Å². The normalized spacial score (nSPS) is 13.9. The number of hydrogen-bond donors (Lipinski definition) is 0. The molecule has 3 heterocycles. The molecule has 0 bridgehead atoms. The zero-order valence-electron chi connectivity index (χ0n) is 18.6. The van der Waals surface area contributed by atoms with Gasteiger partial charge in [-0.25, -0.2) is 9.67 Å². The number of rotatable bonds is 5. The molecule has 0 saturated carbocycles. The van der Waals surface area contributed by atoms with Gasteiger partial charge in [0.15, 0.2) is 17.7 Å². The Morgan fingerprint density at radius 2 is 2.03 bits per heavy atom. The van der Waals surface area contributed by atoms with Gasteiger partial charge in [0.2, 0.25) is 0 Å². The topological polar surface area (TPSA) is 93.3 Å². The van der Waals surface area contributed by atoms with Crippen molar-refractivity contribution in [1.29, 1.82) is 5.26 Å². The number of pyridine rings is 1. The van der Waals surface area contributed by atoms with Gasteiger partial charge in [0.25, 0.3) is 5.91 Å². The number of methoxy groups -OCH3 is 1. The third-order valence-electron chi connectivity index (χ3n) is 5.49. The highest BCUT2D eigenvalue weighted by Gasteiger charge is 2.40. The highest BCUT2D eigenvalue weighted by molar-refractivity contribution is 6.00.